The topological polar surface area (TPSA) is 56.7 Å². The van der Waals surface area contributed by atoms with Crippen molar-refractivity contribution in [3.05, 3.63) is 23.8 Å². The molecule has 0 unspecified atom stereocenters. The van der Waals surface area contributed by atoms with Gasteiger partial charge in [-0.1, -0.05) is 17.4 Å². The molecule has 0 amide bonds. The van der Waals surface area contributed by atoms with Crippen molar-refractivity contribution < 1.29 is 8.78 Å². The predicted molar refractivity (Wildman–Crippen MR) is 54.2 cm³/mol. The molecule has 2 rings (SSSR count). The summed E-state index contributed by atoms with van der Waals surface area (Å²) in [5, 5.41) is 7.35. The number of hydrogen-bond donors (Lipinski definition) is 1. The zero-order valence-electron chi connectivity index (χ0n) is 7.44. The number of nitrogens with zero attached hydrogens (tertiary/aromatic N) is 3. The van der Waals surface area contributed by atoms with Gasteiger partial charge in [0.05, 0.1) is 17.0 Å². The second-order valence-electron chi connectivity index (χ2n) is 2.97. The molecule has 1 heterocycles. The SMILES string of the molecule is NC(=S)Cn1nnc2cc(F)c(F)cc21. The molecule has 2 aromatic rings. The summed E-state index contributed by atoms with van der Waals surface area (Å²) in [4.78, 5) is 0.200. The van der Waals surface area contributed by atoms with Gasteiger partial charge < -0.3 is 5.73 Å². The molecule has 1 aromatic heterocycles. The first-order valence-corrected chi connectivity index (χ1v) is 4.45. The summed E-state index contributed by atoms with van der Waals surface area (Å²) in [6.07, 6.45) is 0. The van der Waals surface area contributed by atoms with E-state index in [1.54, 1.807) is 0 Å². The van der Waals surface area contributed by atoms with Gasteiger partial charge in [-0.25, -0.2) is 13.5 Å². The summed E-state index contributed by atoms with van der Waals surface area (Å²) >= 11 is 4.69. The Labute approximate surface area is 88.7 Å². The van der Waals surface area contributed by atoms with Crippen LogP contribution in [0.25, 0.3) is 11.0 Å². The van der Waals surface area contributed by atoms with Crippen molar-refractivity contribution in [1.29, 1.82) is 0 Å². The lowest BCUT2D eigenvalue weighted by Crippen LogP contribution is -2.17. The number of benzene rings is 1. The van der Waals surface area contributed by atoms with Crippen LogP contribution >= 0.6 is 12.2 Å². The first-order chi connectivity index (χ1) is 7.08. The first kappa shape index (κ1) is 9.91. The number of aromatic nitrogens is 3. The molecule has 0 spiro atoms. The van der Waals surface area contributed by atoms with Crippen LogP contribution in [0.2, 0.25) is 0 Å². The van der Waals surface area contributed by atoms with Crippen LogP contribution in [-0.2, 0) is 6.54 Å². The minimum Gasteiger partial charge on any atom is -0.392 e. The quantitative estimate of drug-likeness (QED) is 0.779. The summed E-state index contributed by atoms with van der Waals surface area (Å²) in [6.45, 7) is 0.150. The van der Waals surface area contributed by atoms with Crippen LogP contribution in [0, 0.1) is 11.6 Å². The number of thiocarbonyl (C=S) groups is 1. The van der Waals surface area contributed by atoms with Gasteiger partial charge in [-0.05, 0) is 0 Å². The molecule has 0 fully saturated rings. The van der Waals surface area contributed by atoms with Gasteiger partial charge in [-0.2, -0.15) is 0 Å². The second-order valence-corrected chi connectivity index (χ2v) is 3.49. The Kier molecular flexibility index (Phi) is 2.31. The summed E-state index contributed by atoms with van der Waals surface area (Å²) < 4.78 is 27.1. The molecule has 0 aliphatic carbocycles. The summed E-state index contributed by atoms with van der Waals surface area (Å²) in [7, 11) is 0. The Hall–Kier alpha value is -1.63. The molecule has 0 aliphatic heterocycles. The maximum absolute atomic E-state index is 12.9. The van der Waals surface area contributed by atoms with Gasteiger partial charge in [0.1, 0.15) is 5.52 Å². The molecule has 15 heavy (non-hydrogen) atoms. The van der Waals surface area contributed by atoms with Crippen molar-refractivity contribution in [3.8, 4) is 0 Å². The van der Waals surface area contributed by atoms with Crippen LogP contribution in [0.5, 0.6) is 0 Å². The first-order valence-electron chi connectivity index (χ1n) is 4.04. The summed E-state index contributed by atoms with van der Waals surface area (Å²) in [5.41, 5.74) is 5.95. The van der Waals surface area contributed by atoms with E-state index >= 15 is 0 Å². The Morgan fingerprint density at radius 3 is 2.73 bits per heavy atom. The van der Waals surface area contributed by atoms with Crippen molar-refractivity contribution in [2.75, 3.05) is 0 Å². The van der Waals surface area contributed by atoms with Crippen molar-refractivity contribution in [2.45, 2.75) is 6.54 Å². The monoisotopic (exact) mass is 228 g/mol. The molecule has 78 valence electrons. The molecule has 0 radical (unpaired) electrons. The van der Waals surface area contributed by atoms with E-state index in [2.05, 4.69) is 22.5 Å². The van der Waals surface area contributed by atoms with Crippen LogP contribution in [0.3, 0.4) is 0 Å². The van der Waals surface area contributed by atoms with Crippen LogP contribution in [0.4, 0.5) is 8.78 Å². The highest BCUT2D eigenvalue weighted by atomic mass is 32.1. The molecule has 0 bridgehead atoms. The summed E-state index contributed by atoms with van der Waals surface area (Å²) in [6, 6.07) is 2.00. The lowest BCUT2D eigenvalue weighted by atomic mass is 10.3. The Balaban J connectivity index is 2.59. The molecular weight excluding hydrogens is 222 g/mol. The third kappa shape index (κ3) is 1.78. The zero-order valence-corrected chi connectivity index (χ0v) is 8.26. The molecule has 2 N–H and O–H groups in total. The van der Waals surface area contributed by atoms with Crippen molar-refractivity contribution in [1.82, 2.24) is 15.0 Å². The largest absolute Gasteiger partial charge is 0.392 e. The number of nitrogens with two attached hydrogens (primary N) is 1. The molecular formula is C8H6F2N4S. The van der Waals surface area contributed by atoms with Crippen LogP contribution in [0.1, 0.15) is 0 Å². The minimum absolute atomic E-state index is 0.150. The number of fused-ring (bicyclic) bond motifs is 1. The normalized spacial score (nSPS) is 10.8. The van der Waals surface area contributed by atoms with Gasteiger partial charge in [-0.15, -0.1) is 5.10 Å². The molecule has 0 aliphatic rings. The maximum atomic E-state index is 12.9. The standard InChI is InChI=1S/C8H6F2N4S/c9-4-1-6-7(2-5(4)10)14(13-12-6)3-8(11)15/h1-2H,3H2,(H2,11,15). The molecule has 0 saturated carbocycles. The molecule has 0 atom stereocenters. The van der Waals surface area contributed by atoms with Crippen molar-refractivity contribution in [3.63, 3.8) is 0 Å². The van der Waals surface area contributed by atoms with Crippen molar-refractivity contribution in [2.24, 2.45) is 5.73 Å². The number of hydrogen-bond acceptors (Lipinski definition) is 3. The zero-order chi connectivity index (χ0) is 11.0. The molecule has 0 saturated heterocycles. The maximum Gasteiger partial charge on any atom is 0.161 e. The van der Waals surface area contributed by atoms with E-state index < -0.39 is 11.6 Å². The van der Waals surface area contributed by atoms with Gasteiger partial charge in [0, 0.05) is 12.1 Å². The lowest BCUT2D eigenvalue weighted by Gasteiger charge is -1.99. The summed E-state index contributed by atoms with van der Waals surface area (Å²) in [5.74, 6) is -1.90. The number of rotatable bonds is 2. The van der Waals surface area contributed by atoms with E-state index in [4.69, 9.17) is 5.73 Å². The van der Waals surface area contributed by atoms with Crippen LogP contribution in [-0.4, -0.2) is 20.0 Å². The highest BCUT2D eigenvalue weighted by Gasteiger charge is 2.10. The minimum atomic E-state index is -0.954. The second kappa shape index (κ2) is 3.50. The highest BCUT2D eigenvalue weighted by molar-refractivity contribution is 7.80. The molecule has 1 aromatic carbocycles. The van der Waals surface area contributed by atoms with E-state index in [9.17, 15) is 8.78 Å². The molecule has 7 heteroatoms. The highest BCUT2D eigenvalue weighted by Crippen LogP contribution is 2.15. The van der Waals surface area contributed by atoms with Gasteiger partial charge in [-0.3, -0.25) is 0 Å². The number of halogens is 2. The fourth-order valence-corrected chi connectivity index (χ4v) is 1.35. The van der Waals surface area contributed by atoms with E-state index in [1.807, 2.05) is 0 Å². The Bertz CT molecular complexity index is 537. The fraction of sp³-hybridized carbons (Fsp3) is 0.125. The van der Waals surface area contributed by atoms with Crippen LogP contribution in [0.15, 0.2) is 12.1 Å². The van der Waals surface area contributed by atoms with Gasteiger partial charge in [0.15, 0.2) is 11.6 Å². The third-order valence-corrected chi connectivity index (χ3v) is 1.99. The van der Waals surface area contributed by atoms with Crippen molar-refractivity contribution >= 4 is 28.2 Å². The van der Waals surface area contributed by atoms with Gasteiger partial charge in [0.2, 0.25) is 0 Å². The van der Waals surface area contributed by atoms with E-state index in [1.165, 1.54) is 4.68 Å². The smallest absolute Gasteiger partial charge is 0.161 e. The average Bonchev–Trinajstić information content (AvgIpc) is 2.49. The van der Waals surface area contributed by atoms with Gasteiger partial charge >= 0.3 is 0 Å². The van der Waals surface area contributed by atoms with E-state index in [-0.39, 0.29) is 17.0 Å². The Morgan fingerprint density at radius 2 is 2.07 bits per heavy atom. The van der Waals surface area contributed by atoms with E-state index in [0.717, 1.165) is 12.1 Å². The lowest BCUT2D eigenvalue weighted by molar-refractivity contribution is 0.510. The van der Waals surface area contributed by atoms with Crippen LogP contribution < -0.4 is 5.73 Å². The fourth-order valence-electron chi connectivity index (χ4n) is 1.23. The van der Waals surface area contributed by atoms with Gasteiger partial charge in [0.25, 0.3) is 0 Å². The predicted octanol–water partition coefficient (Wildman–Crippen LogP) is 0.996. The van der Waals surface area contributed by atoms with E-state index in [0.29, 0.717) is 5.52 Å². The molecule has 4 nitrogen and oxygen atoms in total. The third-order valence-electron chi connectivity index (χ3n) is 1.86. The Morgan fingerprint density at radius 1 is 1.40 bits per heavy atom. The average molecular weight is 228 g/mol.